The van der Waals surface area contributed by atoms with Crippen molar-refractivity contribution in [3.05, 3.63) is 65.2 Å². The zero-order valence-electron chi connectivity index (χ0n) is 16.2. The molecular formula is C22H24N4O2. The van der Waals surface area contributed by atoms with Gasteiger partial charge in [-0.25, -0.2) is 4.98 Å². The Bertz CT molecular complexity index is 1050. The number of nitrogens with zero attached hydrogens (tertiary/aromatic N) is 3. The van der Waals surface area contributed by atoms with Gasteiger partial charge in [-0.2, -0.15) is 0 Å². The normalized spacial score (nSPS) is 14.3. The van der Waals surface area contributed by atoms with Crippen molar-refractivity contribution in [1.82, 2.24) is 14.3 Å². The predicted molar refractivity (Wildman–Crippen MR) is 109 cm³/mol. The third kappa shape index (κ3) is 3.38. The van der Waals surface area contributed by atoms with E-state index in [1.165, 1.54) is 0 Å². The summed E-state index contributed by atoms with van der Waals surface area (Å²) < 4.78 is 1.69. The van der Waals surface area contributed by atoms with E-state index in [9.17, 15) is 9.59 Å². The lowest BCUT2D eigenvalue weighted by Gasteiger charge is -2.25. The van der Waals surface area contributed by atoms with E-state index in [1.807, 2.05) is 55.1 Å². The summed E-state index contributed by atoms with van der Waals surface area (Å²) in [5.74, 6) is -0.210. The first kappa shape index (κ1) is 18.2. The number of aryl methyl sites for hydroxylation is 2. The Balaban J connectivity index is 1.70. The second-order valence-corrected chi connectivity index (χ2v) is 7.37. The number of amides is 2. The smallest absolute Gasteiger partial charge is 0.292 e. The summed E-state index contributed by atoms with van der Waals surface area (Å²) in [4.78, 5) is 32.3. The maximum absolute atomic E-state index is 13.0. The molecule has 1 saturated heterocycles. The Hall–Kier alpha value is -3.15. The summed E-state index contributed by atoms with van der Waals surface area (Å²) >= 11 is 0. The minimum absolute atomic E-state index is 0.103. The first-order chi connectivity index (χ1) is 13.5. The van der Waals surface area contributed by atoms with Gasteiger partial charge in [0.2, 0.25) is 5.82 Å². The maximum Gasteiger partial charge on any atom is 0.292 e. The molecule has 1 aromatic carbocycles. The van der Waals surface area contributed by atoms with Gasteiger partial charge in [-0.05, 0) is 62.4 Å². The van der Waals surface area contributed by atoms with Crippen LogP contribution in [0.15, 0.2) is 42.6 Å². The van der Waals surface area contributed by atoms with Gasteiger partial charge < -0.3 is 10.2 Å². The van der Waals surface area contributed by atoms with Crippen LogP contribution in [0.3, 0.4) is 0 Å². The van der Waals surface area contributed by atoms with Crippen LogP contribution in [-0.4, -0.2) is 39.2 Å². The highest BCUT2D eigenvalue weighted by atomic mass is 16.2. The quantitative estimate of drug-likeness (QED) is 0.755. The standard InChI is InChI=1S/C22H24N4O2/c1-15-9-10-16(2)17(14-15)23-21(27)20-24-19(18-8-4-7-13-26(18)20)22(28)25-11-5-3-6-12-25/h4,7-10,13-14H,3,5-6,11-12H2,1-2H3,(H,23,27). The van der Waals surface area contributed by atoms with Gasteiger partial charge in [0, 0.05) is 25.0 Å². The number of rotatable bonds is 3. The molecule has 1 aliphatic heterocycles. The van der Waals surface area contributed by atoms with E-state index in [0.29, 0.717) is 11.2 Å². The summed E-state index contributed by atoms with van der Waals surface area (Å²) in [6.07, 6.45) is 4.94. The van der Waals surface area contributed by atoms with E-state index in [0.717, 1.165) is 49.2 Å². The largest absolute Gasteiger partial charge is 0.337 e. The molecular weight excluding hydrogens is 352 g/mol. The summed E-state index contributed by atoms with van der Waals surface area (Å²) in [7, 11) is 0. The lowest BCUT2D eigenvalue weighted by atomic mass is 10.1. The summed E-state index contributed by atoms with van der Waals surface area (Å²) in [6.45, 7) is 5.42. The van der Waals surface area contributed by atoms with E-state index in [2.05, 4.69) is 10.3 Å². The van der Waals surface area contributed by atoms with Crippen LogP contribution >= 0.6 is 0 Å². The lowest BCUT2D eigenvalue weighted by Crippen LogP contribution is -2.36. The number of benzene rings is 1. The second kappa shape index (κ2) is 7.46. The van der Waals surface area contributed by atoms with Crippen LogP contribution in [-0.2, 0) is 0 Å². The number of fused-ring (bicyclic) bond motifs is 1. The van der Waals surface area contributed by atoms with Gasteiger partial charge >= 0.3 is 0 Å². The van der Waals surface area contributed by atoms with Crippen LogP contribution in [0.25, 0.3) is 5.52 Å². The molecule has 0 saturated carbocycles. The van der Waals surface area contributed by atoms with Crippen molar-refractivity contribution >= 4 is 23.0 Å². The molecule has 144 valence electrons. The van der Waals surface area contributed by atoms with Crippen molar-refractivity contribution in [1.29, 1.82) is 0 Å². The Kier molecular flexibility index (Phi) is 4.86. The molecule has 2 aromatic heterocycles. The number of hydrogen-bond acceptors (Lipinski definition) is 3. The first-order valence-corrected chi connectivity index (χ1v) is 9.69. The van der Waals surface area contributed by atoms with Crippen LogP contribution < -0.4 is 5.32 Å². The van der Waals surface area contributed by atoms with Crippen molar-refractivity contribution in [3.8, 4) is 0 Å². The third-order valence-electron chi connectivity index (χ3n) is 5.24. The molecule has 0 atom stereocenters. The minimum atomic E-state index is -0.326. The number of nitrogens with one attached hydrogen (secondary N) is 1. The third-order valence-corrected chi connectivity index (χ3v) is 5.24. The fourth-order valence-corrected chi connectivity index (χ4v) is 3.65. The molecule has 6 heteroatoms. The van der Waals surface area contributed by atoms with E-state index in [4.69, 9.17) is 0 Å². The van der Waals surface area contributed by atoms with E-state index in [1.54, 1.807) is 10.6 Å². The molecule has 2 amide bonds. The minimum Gasteiger partial charge on any atom is -0.337 e. The summed E-state index contributed by atoms with van der Waals surface area (Å²) in [5, 5.41) is 2.94. The molecule has 3 heterocycles. The number of piperidine rings is 1. The van der Waals surface area contributed by atoms with Crippen molar-refractivity contribution in [2.24, 2.45) is 0 Å². The number of aromatic nitrogens is 2. The Morgan fingerprint density at radius 3 is 2.61 bits per heavy atom. The molecule has 0 aliphatic carbocycles. The number of imidazole rings is 1. The molecule has 1 fully saturated rings. The van der Waals surface area contributed by atoms with E-state index >= 15 is 0 Å². The highest BCUT2D eigenvalue weighted by molar-refractivity contribution is 6.06. The van der Waals surface area contributed by atoms with Gasteiger partial charge in [0.25, 0.3) is 11.8 Å². The van der Waals surface area contributed by atoms with Crippen LogP contribution in [0, 0.1) is 13.8 Å². The van der Waals surface area contributed by atoms with Gasteiger partial charge in [-0.1, -0.05) is 18.2 Å². The fourth-order valence-electron chi connectivity index (χ4n) is 3.65. The highest BCUT2D eigenvalue weighted by Gasteiger charge is 2.26. The first-order valence-electron chi connectivity index (χ1n) is 9.69. The number of carbonyl (C=O) groups excluding carboxylic acids is 2. The Morgan fingerprint density at radius 2 is 1.82 bits per heavy atom. The SMILES string of the molecule is Cc1ccc(C)c(NC(=O)c2nc(C(=O)N3CCCCC3)c3ccccn23)c1. The molecule has 6 nitrogen and oxygen atoms in total. The van der Waals surface area contributed by atoms with Crippen LogP contribution in [0.1, 0.15) is 51.5 Å². The van der Waals surface area contributed by atoms with Gasteiger partial charge in [-0.3, -0.25) is 14.0 Å². The number of anilines is 1. The fraction of sp³-hybridized carbons (Fsp3) is 0.318. The zero-order chi connectivity index (χ0) is 19.7. The van der Waals surface area contributed by atoms with Gasteiger partial charge in [0.15, 0.2) is 5.69 Å². The molecule has 3 aromatic rings. The maximum atomic E-state index is 13.0. The predicted octanol–water partition coefficient (Wildman–Crippen LogP) is 3.83. The lowest BCUT2D eigenvalue weighted by molar-refractivity contribution is 0.0721. The zero-order valence-corrected chi connectivity index (χ0v) is 16.2. The monoisotopic (exact) mass is 376 g/mol. The number of carbonyl (C=O) groups is 2. The molecule has 1 N–H and O–H groups in total. The second-order valence-electron chi connectivity index (χ2n) is 7.37. The van der Waals surface area contributed by atoms with Gasteiger partial charge in [0.1, 0.15) is 0 Å². The van der Waals surface area contributed by atoms with Gasteiger partial charge in [0.05, 0.1) is 5.52 Å². The van der Waals surface area contributed by atoms with Crippen molar-refractivity contribution in [2.45, 2.75) is 33.1 Å². The van der Waals surface area contributed by atoms with E-state index < -0.39 is 0 Å². The van der Waals surface area contributed by atoms with Crippen LogP contribution in [0.4, 0.5) is 5.69 Å². The number of hydrogen-bond donors (Lipinski definition) is 1. The summed E-state index contributed by atoms with van der Waals surface area (Å²) in [6, 6.07) is 11.4. The molecule has 28 heavy (non-hydrogen) atoms. The average Bonchev–Trinajstić information content (AvgIpc) is 3.11. The molecule has 0 radical (unpaired) electrons. The topological polar surface area (TPSA) is 66.7 Å². The van der Waals surface area contributed by atoms with E-state index in [-0.39, 0.29) is 17.6 Å². The molecule has 0 unspecified atom stereocenters. The van der Waals surface area contributed by atoms with Gasteiger partial charge in [-0.15, -0.1) is 0 Å². The van der Waals surface area contributed by atoms with Crippen LogP contribution in [0.5, 0.6) is 0 Å². The average molecular weight is 376 g/mol. The molecule has 4 rings (SSSR count). The molecule has 0 spiro atoms. The Labute approximate surface area is 164 Å². The van der Waals surface area contributed by atoms with Crippen molar-refractivity contribution in [3.63, 3.8) is 0 Å². The van der Waals surface area contributed by atoms with Crippen molar-refractivity contribution in [2.75, 3.05) is 18.4 Å². The molecule has 0 bridgehead atoms. The molecule has 1 aliphatic rings. The summed E-state index contributed by atoms with van der Waals surface area (Å²) in [5.41, 5.74) is 3.79. The Morgan fingerprint density at radius 1 is 1.04 bits per heavy atom. The van der Waals surface area contributed by atoms with Crippen molar-refractivity contribution < 1.29 is 9.59 Å². The van der Waals surface area contributed by atoms with Crippen LogP contribution in [0.2, 0.25) is 0 Å². The highest BCUT2D eigenvalue weighted by Crippen LogP contribution is 2.21. The number of pyridine rings is 1. The number of likely N-dealkylation sites (tertiary alicyclic amines) is 1.